The van der Waals surface area contributed by atoms with Crippen molar-refractivity contribution in [1.82, 2.24) is 5.16 Å². The number of nitrogens with zero attached hydrogens (tertiary/aromatic N) is 1. The minimum atomic E-state index is -0.924. The van der Waals surface area contributed by atoms with E-state index in [2.05, 4.69) is 5.16 Å². The van der Waals surface area contributed by atoms with Crippen molar-refractivity contribution in [2.45, 2.75) is 13.3 Å². The van der Waals surface area contributed by atoms with Crippen LogP contribution < -0.4 is 0 Å². The van der Waals surface area contributed by atoms with Gasteiger partial charge in [0, 0.05) is 5.56 Å². The molecule has 0 aliphatic heterocycles. The summed E-state index contributed by atoms with van der Waals surface area (Å²) in [7, 11) is 0. The van der Waals surface area contributed by atoms with Gasteiger partial charge in [-0.2, -0.15) is 0 Å². The maximum Gasteiger partial charge on any atom is 0.323 e. The maximum atomic E-state index is 10.4. The highest BCUT2D eigenvalue weighted by molar-refractivity contribution is 5.79. The van der Waals surface area contributed by atoms with Crippen LogP contribution in [0.5, 0.6) is 0 Å². The molecule has 2 aromatic heterocycles. The van der Waals surface area contributed by atoms with Crippen molar-refractivity contribution in [3.63, 3.8) is 0 Å². The van der Waals surface area contributed by atoms with Crippen LogP contribution in [0.3, 0.4) is 0 Å². The third kappa shape index (κ3) is 1.18. The molecule has 0 unspecified atom stereocenters. The van der Waals surface area contributed by atoms with E-state index in [4.69, 9.17) is 14.0 Å². The van der Waals surface area contributed by atoms with Gasteiger partial charge in [-0.1, -0.05) is 5.16 Å². The number of aryl methyl sites for hydroxylation is 1. The summed E-state index contributed by atoms with van der Waals surface area (Å²) < 4.78 is 9.89. The zero-order valence-electron chi connectivity index (χ0n) is 6.90. The smallest absolute Gasteiger partial charge is 0.323 e. The lowest BCUT2D eigenvalue weighted by atomic mass is 10.2. The van der Waals surface area contributed by atoms with Gasteiger partial charge in [-0.25, -0.2) is 0 Å². The van der Waals surface area contributed by atoms with Gasteiger partial charge in [-0.05, 0) is 6.92 Å². The summed E-state index contributed by atoms with van der Waals surface area (Å²) in [4.78, 5) is 10.4. The number of hydrogen-bond donors (Lipinski definition) is 1. The molecule has 0 atom stereocenters. The van der Waals surface area contributed by atoms with Crippen LogP contribution in [-0.2, 0) is 11.2 Å². The molecule has 0 amide bonds. The first-order chi connectivity index (χ1) is 6.18. The SMILES string of the molecule is Cc1c(CC(=O)O)oc2oncc12. The molecule has 2 aromatic rings. The average molecular weight is 181 g/mol. The Balaban J connectivity index is 2.51. The summed E-state index contributed by atoms with van der Waals surface area (Å²) in [6.07, 6.45) is 1.38. The average Bonchev–Trinajstić information content (AvgIpc) is 2.56. The van der Waals surface area contributed by atoms with Crippen LogP contribution in [-0.4, -0.2) is 16.2 Å². The van der Waals surface area contributed by atoms with E-state index in [0.717, 1.165) is 10.9 Å². The third-order valence-electron chi connectivity index (χ3n) is 1.89. The summed E-state index contributed by atoms with van der Waals surface area (Å²) in [5.41, 5.74) is 0.777. The predicted octanol–water partition coefficient (Wildman–Crippen LogP) is 1.36. The number of aliphatic carboxylic acids is 1. The molecule has 0 aliphatic rings. The number of furan rings is 1. The second-order valence-electron chi connectivity index (χ2n) is 2.75. The Labute approximate surface area is 72.9 Å². The molecule has 0 radical (unpaired) electrons. The zero-order valence-corrected chi connectivity index (χ0v) is 6.90. The van der Waals surface area contributed by atoms with Crippen molar-refractivity contribution in [3.8, 4) is 0 Å². The zero-order chi connectivity index (χ0) is 9.42. The summed E-state index contributed by atoms with van der Waals surface area (Å²) in [5.74, 6) is -0.218. The first-order valence-electron chi connectivity index (χ1n) is 3.73. The number of carbonyl (C=O) groups is 1. The second-order valence-corrected chi connectivity index (χ2v) is 2.75. The van der Waals surface area contributed by atoms with Crippen molar-refractivity contribution in [2.75, 3.05) is 0 Å². The van der Waals surface area contributed by atoms with Crippen LogP contribution in [0.4, 0.5) is 0 Å². The first-order valence-corrected chi connectivity index (χ1v) is 3.73. The highest BCUT2D eigenvalue weighted by Gasteiger charge is 2.15. The second kappa shape index (κ2) is 2.62. The Morgan fingerprint density at radius 2 is 2.46 bits per heavy atom. The molecule has 2 heterocycles. The quantitative estimate of drug-likeness (QED) is 0.756. The van der Waals surface area contributed by atoms with E-state index in [1.807, 2.05) is 0 Å². The van der Waals surface area contributed by atoms with E-state index in [1.54, 1.807) is 6.92 Å². The molecule has 5 nitrogen and oxygen atoms in total. The van der Waals surface area contributed by atoms with Crippen molar-refractivity contribution < 1.29 is 18.8 Å². The van der Waals surface area contributed by atoms with Crippen molar-refractivity contribution in [3.05, 3.63) is 17.5 Å². The molecular formula is C8H7NO4. The molecule has 0 bridgehead atoms. The topological polar surface area (TPSA) is 76.5 Å². The molecule has 5 heteroatoms. The Bertz CT molecular complexity index is 454. The molecule has 0 spiro atoms. The van der Waals surface area contributed by atoms with Crippen LogP contribution in [0.2, 0.25) is 0 Å². The highest BCUT2D eigenvalue weighted by Crippen LogP contribution is 2.24. The van der Waals surface area contributed by atoms with Crippen LogP contribution >= 0.6 is 0 Å². The van der Waals surface area contributed by atoms with Crippen LogP contribution in [0.1, 0.15) is 11.3 Å². The van der Waals surface area contributed by atoms with Gasteiger partial charge in [-0.15, -0.1) is 0 Å². The van der Waals surface area contributed by atoms with Gasteiger partial charge in [0.25, 0.3) is 0 Å². The number of aromatic nitrogens is 1. The first kappa shape index (κ1) is 7.85. The minimum Gasteiger partial charge on any atom is -0.481 e. The molecule has 0 aliphatic carbocycles. The molecule has 68 valence electrons. The Kier molecular flexibility index (Phi) is 1.58. The van der Waals surface area contributed by atoms with Crippen LogP contribution in [0.15, 0.2) is 15.1 Å². The molecule has 0 fully saturated rings. The molecule has 0 saturated heterocycles. The summed E-state index contributed by atoms with van der Waals surface area (Å²) in [6.45, 7) is 1.78. The fourth-order valence-corrected chi connectivity index (χ4v) is 1.20. The van der Waals surface area contributed by atoms with Gasteiger partial charge in [0.05, 0.1) is 11.6 Å². The Morgan fingerprint density at radius 3 is 3.08 bits per heavy atom. The van der Waals surface area contributed by atoms with E-state index in [1.165, 1.54) is 6.20 Å². The summed E-state index contributed by atoms with van der Waals surface area (Å²) in [5, 5.41) is 12.8. The van der Waals surface area contributed by atoms with Gasteiger partial charge in [-0.3, -0.25) is 4.79 Å². The van der Waals surface area contributed by atoms with E-state index in [9.17, 15) is 4.79 Å². The Hall–Kier alpha value is -1.78. The monoisotopic (exact) mass is 181 g/mol. The van der Waals surface area contributed by atoms with E-state index < -0.39 is 5.97 Å². The molecule has 0 saturated carbocycles. The number of fused-ring (bicyclic) bond motifs is 1. The minimum absolute atomic E-state index is 0.129. The fraction of sp³-hybridized carbons (Fsp3) is 0.250. The largest absolute Gasteiger partial charge is 0.481 e. The molecule has 1 N–H and O–H groups in total. The van der Waals surface area contributed by atoms with Gasteiger partial charge in [0.2, 0.25) is 0 Å². The number of rotatable bonds is 2. The third-order valence-corrected chi connectivity index (χ3v) is 1.89. The molecule has 0 aromatic carbocycles. The van der Waals surface area contributed by atoms with Crippen molar-refractivity contribution >= 4 is 17.1 Å². The lowest BCUT2D eigenvalue weighted by molar-refractivity contribution is -0.136. The van der Waals surface area contributed by atoms with Crippen molar-refractivity contribution in [1.29, 1.82) is 0 Å². The predicted molar refractivity (Wildman–Crippen MR) is 42.4 cm³/mol. The van der Waals surface area contributed by atoms with E-state index in [0.29, 0.717) is 5.76 Å². The van der Waals surface area contributed by atoms with Gasteiger partial charge in [0.1, 0.15) is 12.2 Å². The van der Waals surface area contributed by atoms with Crippen LogP contribution in [0.25, 0.3) is 11.2 Å². The van der Waals surface area contributed by atoms with Gasteiger partial charge >= 0.3 is 11.7 Å². The lowest BCUT2D eigenvalue weighted by Crippen LogP contribution is -1.99. The van der Waals surface area contributed by atoms with Gasteiger partial charge in [0.15, 0.2) is 0 Å². The fourth-order valence-electron chi connectivity index (χ4n) is 1.20. The highest BCUT2D eigenvalue weighted by atomic mass is 16.5. The van der Waals surface area contributed by atoms with Crippen LogP contribution in [0, 0.1) is 6.92 Å². The summed E-state index contributed by atoms with van der Waals surface area (Å²) in [6, 6.07) is 0. The van der Waals surface area contributed by atoms with E-state index >= 15 is 0 Å². The normalized spacial score (nSPS) is 10.8. The number of hydrogen-bond acceptors (Lipinski definition) is 4. The molecular weight excluding hydrogens is 174 g/mol. The van der Waals surface area contributed by atoms with Crippen molar-refractivity contribution in [2.24, 2.45) is 0 Å². The number of carboxylic acids is 1. The lowest BCUT2D eigenvalue weighted by Gasteiger charge is -1.90. The maximum absolute atomic E-state index is 10.4. The van der Waals surface area contributed by atoms with Gasteiger partial charge < -0.3 is 14.0 Å². The Morgan fingerprint density at radius 1 is 1.69 bits per heavy atom. The van der Waals surface area contributed by atoms with E-state index in [-0.39, 0.29) is 12.2 Å². The summed E-state index contributed by atoms with van der Waals surface area (Å²) >= 11 is 0. The molecule has 13 heavy (non-hydrogen) atoms. The standard InChI is InChI=1S/C8H7NO4/c1-4-5-3-9-13-8(5)12-6(4)2-7(10)11/h3H,2H2,1H3,(H,10,11). The molecule has 2 rings (SSSR count). The number of carboxylic acid groups (broad SMARTS) is 1.